The molecule has 3 aromatic rings. The molecule has 0 aliphatic carbocycles. The minimum absolute atomic E-state index is 0.0705. The lowest BCUT2D eigenvalue weighted by Gasteiger charge is -2.04. The van der Waals surface area contributed by atoms with Crippen LogP contribution in [0.2, 0.25) is 0 Å². The van der Waals surface area contributed by atoms with Crippen molar-refractivity contribution in [2.24, 2.45) is 5.10 Å². The van der Waals surface area contributed by atoms with E-state index in [9.17, 15) is 14.9 Å². The predicted octanol–water partition coefficient (Wildman–Crippen LogP) is 4.93. The van der Waals surface area contributed by atoms with Crippen molar-refractivity contribution in [1.29, 1.82) is 0 Å². The van der Waals surface area contributed by atoms with E-state index >= 15 is 0 Å². The smallest absolute Gasteiger partial charge is 0.281 e. The number of furan rings is 1. The molecule has 0 saturated heterocycles. The van der Waals surface area contributed by atoms with Crippen LogP contribution >= 0.6 is 15.9 Å². The van der Waals surface area contributed by atoms with Gasteiger partial charge in [0.05, 0.1) is 23.1 Å². The molecule has 0 saturated carbocycles. The van der Waals surface area contributed by atoms with E-state index in [1.165, 1.54) is 17.8 Å². The maximum absolute atomic E-state index is 12.0. The minimum Gasteiger partial charge on any atom is -0.455 e. The Bertz CT molecular complexity index is 1110. The van der Waals surface area contributed by atoms with Crippen LogP contribution in [0.3, 0.4) is 0 Å². The van der Waals surface area contributed by atoms with Crippen molar-refractivity contribution in [2.45, 2.75) is 20.3 Å². The number of nitrogens with one attached hydrogen (secondary N) is 1. The lowest BCUT2D eigenvalue weighted by atomic mass is 10.0. The molecule has 0 atom stereocenters. The summed E-state index contributed by atoms with van der Waals surface area (Å²) in [6.07, 6.45) is 1.57. The van der Waals surface area contributed by atoms with Gasteiger partial charge in [-0.25, -0.2) is 5.43 Å². The summed E-state index contributed by atoms with van der Waals surface area (Å²) < 4.78 is 6.21. The number of nitro benzene ring substituents is 1. The Kier molecular flexibility index (Phi) is 6.23. The number of carbonyl (C=O) groups is 1. The summed E-state index contributed by atoms with van der Waals surface area (Å²) in [7, 11) is 0. The first-order chi connectivity index (χ1) is 13.8. The summed E-state index contributed by atoms with van der Waals surface area (Å²) in [4.78, 5) is 22.8. The van der Waals surface area contributed by atoms with Crippen LogP contribution in [0.15, 0.2) is 62.5 Å². The Hall–Kier alpha value is -3.26. The number of benzene rings is 2. The first-order valence-corrected chi connectivity index (χ1v) is 9.55. The standard InChI is InChI=1S/C21H18BrN3O4/c1-13-3-4-15(9-14(13)2)10-21(26)24-23-12-17-6-8-20(29-17)18-7-5-16(22)11-19(18)25(27)28/h3-9,11-12H,10H2,1-2H3,(H,24,26)/b23-12-. The summed E-state index contributed by atoms with van der Waals surface area (Å²) in [5.41, 5.74) is 5.95. The highest BCUT2D eigenvalue weighted by Gasteiger charge is 2.18. The van der Waals surface area contributed by atoms with E-state index in [0.717, 1.165) is 11.1 Å². The van der Waals surface area contributed by atoms with Gasteiger partial charge in [0.1, 0.15) is 11.5 Å². The highest BCUT2D eigenvalue weighted by atomic mass is 79.9. The van der Waals surface area contributed by atoms with Crippen molar-refractivity contribution in [3.8, 4) is 11.3 Å². The van der Waals surface area contributed by atoms with Gasteiger partial charge in [0.15, 0.2) is 0 Å². The number of carbonyl (C=O) groups excluding carboxylic acids is 1. The van der Waals surface area contributed by atoms with E-state index in [2.05, 4.69) is 26.5 Å². The molecule has 0 spiro atoms. The predicted molar refractivity (Wildman–Crippen MR) is 114 cm³/mol. The summed E-state index contributed by atoms with van der Waals surface area (Å²) in [6.45, 7) is 4.02. The Morgan fingerprint density at radius 1 is 1.17 bits per heavy atom. The molecule has 1 aromatic heterocycles. The fourth-order valence-corrected chi connectivity index (χ4v) is 3.09. The minimum atomic E-state index is -0.469. The second-order valence-electron chi connectivity index (χ2n) is 6.51. The van der Waals surface area contributed by atoms with Gasteiger partial charge in [0.25, 0.3) is 5.69 Å². The number of rotatable bonds is 6. The van der Waals surface area contributed by atoms with Gasteiger partial charge in [-0.05, 0) is 54.8 Å². The second kappa shape index (κ2) is 8.83. The van der Waals surface area contributed by atoms with Crippen LogP contribution in [-0.2, 0) is 11.2 Å². The highest BCUT2D eigenvalue weighted by Crippen LogP contribution is 2.33. The van der Waals surface area contributed by atoms with Gasteiger partial charge in [-0.2, -0.15) is 5.10 Å². The average Bonchev–Trinajstić information content (AvgIpc) is 3.13. The zero-order chi connectivity index (χ0) is 21.0. The number of amides is 1. The highest BCUT2D eigenvalue weighted by molar-refractivity contribution is 9.10. The number of aryl methyl sites for hydroxylation is 2. The quantitative estimate of drug-likeness (QED) is 0.323. The first kappa shape index (κ1) is 20.5. The monoisotopic (exact) mass is 455 g/mol. The van der Waals surface area contributed by atoms with E-state index < -0.39 is 4.92 Å². The number of hydrogen-bond donors (Lipinski definition) is 1. The zero-order valence-electron chi connectivity index (χ0n) is 15.8. The molecule has 0 bridgehead atoms. The third-order valence-corrected chi connectivity index (χ3v) is 4.86. The lowest BCUT2D eigenvalue weighted by Crippen LogP contribution is -2.19. The van der Waals surface area contributed by atoms with Crippen LogP contribution in [0.4, 0.5) is 5.69 Å². The number of nitro groups is 1. The van der Waals surface area contributed by atoms with E-state index in [-0.39, 0.29) is 18.0 Å². The van der Waals surface area contributed by atoms with Crippen molar-refractivity contribution in [2.75, 3.05) is 0 Å². The third-order valence-electron chi connectivity index (χ3n) is 4.37. The van der Waals surface area contributed by atoms with E-state index in [1.54, 1.807) is 24.3 Å². The van der Waals surface area contributed by atoms with Gasteiger partial charge in [0, 0.05) is 10.5 Å². The SMILES string of the molecule is Cc1ccc(CC(=O)N/N=C\c2ccc(-c3ccc(Br)cc3[N+](=O)[O-])o2)cc1C. The van der Waals surface area contributed by atoms with Crippen LogP contribution < -0.4 is 5.43 Å². The first-order valence-electron chi connectivity index (χ1n) is 8.75. The van der Waals surface area contributed by atoms with Crippen LogP contribution in [0.25, 0.3) is 11.3 Å². The normalized spacial score (nSPS) is 11.0. The molecule has 3 rings (SSSR count). The van der Waals surface area contributed by atoms with Crippen molar-refractivity contribution >= 4 is 33.7 Å². The largest absolute Gasteiger partial charge is 0.455 e. The Morgan fingerprint density at radius 2 is 1.97 bits per heavy atom. The van der Waals surface area contributed by atoms with Crippen LogP contribution in [0.1, 0.15) is 22.5 Å². The van der Waals surface area contributed by atoms with E-state index in [1.807, 2.05) is 32.0 Å². The molecule has 7 nitrogen and oxygen atoms in total. The molecule has 1 heterocycles. The average molecular weight is 456 g/mol. The molecule has 0 aliphatic heterocycles. The summed E-state index contributed by atoms with van der Waals surface area (Å²) in [5.74, 6) is 0.454. The number of nitrogens with zero attached hydrogens (tertiary/aromatic N) is 2. The molecule has 0 fully saturated rings. The van der Waals surface area contributed by atoms with Gasteiger partial charge in [-0.15, -0.1) is 0 Å². The van der Waals surface area contributed by atoms with Crippen molar-refractivity contribution in [3.05, 3.63) is 85.6 Å². The molecule has 8 heteroatoms. The fraction of sp³-hybridized carbons (Fsp3) is 0.143. The number of hydrogen-bond acceptors (Lipinski definition) is 5. The molecule has 1 amide bonds. The molecule has 2 aromatic carbocycles. The Morgan fingerprint density at radius 3 is 2.69 bits per heavy atom. The zero-order valence-corrected chi connectivity index (χ0v) is 17.4. The van der Waals surface area contributed by atoms with E-state index in [4.69, 9.17) is 4.42 Å². The van der Waals surface area contributed by atoms with Crippen LogP contribution in [0.5, 0.6) is 0 Å². The molecule has 0 aliphatic rings. The maximum Gasteiger partial charge on any atom is 0.281 e. The summed E-state index contributed by atoms with van der Waals surface area (Å²) in [6, 6.07) is 13.8. The molecule has 148 valence electrons. The van der Waals surface area contributed by atoms with Crippen LogP contribution in [-0.4, -0.2) is 17.0 Å². The molecular weight excluding hydrogens is 438 g/mol. The van der Waals surface area contributed by atoms with E-state index in [0.29, 0.717) is 21.6 Å². The van der Waals surface area contributed by atoms with Crippen molar-refractivity contribution in [3.63, 3.8) is 0 Å². The molecule has 0 radical (unpaired) electrons. The Labute approximate surface area is 175 Å². The number of halogens is 1. The lowest BCUT2D eigenvalue weighted by molar-refractivity contribution is -0.384. The molecular formula is C21H18BrN3O4. The molecule has 0 unspecified atom stereocenters. The maximum atomic E-state index is 12.0. The van der Waals surface area contributed by atoms with Gasteiger partial charge < -0.3 is 4.42 Å². The van der Waals surface area contributed by atoms with Crippen LogP contribution in [0, 0.1) is 24.0 Å². The molecule has 29 heavy (non-hydrogen) atoms. The van der Waals surface area contributed by atoms with Gasteiger partial charge in [0.2, 0.25) is 5.91 Å². The van der Waals surface area contributed by atoms with Gasteiger partial charge in [-0.3, -0.25) is 14.9 Å². The Balaban J connectivity index is 1.66. The van der Waals surface area contributed by atoms with Crippen molar-refractivity contribution < 1.29 is 14.1 Å². The van der Waals surface area contributed by atoms with Gasteiger partial charge in [-0.1, -0.05) is 34.1 Å². The van der Waals surface area contributed by atoms with Gasteiger partial charge >= 0.3 is 0 Å². The fourth-order valence-electron chi connectivity index (χ4n) is 2.74. The van der Waals surface area contributed by atoms with Crippen molar-refractivity contribution in [1.82, 2.24) is 5.43 Å². The topological polar surface area (TPSA) is 97.7 Å². The molecule has 1 N–H and O–H groups in total. The number of hydrazone groups is 1. The third kappa shape index (κ3) is 5.17. The second-order valence-corrected chi connectivity index (χ2v) is 7.42. The summed E-state index contributed by atoms with van der Waals surface area (Å²) >= 11 is 3.22. The summed E-state index contributed by atoms with van der Waals surface area (Å²) in [5, 5.41) is 15.2.